The molecule has 1 unspecified atom stereocenters. The van der Waals surface area contributed by atoms with Crippen molar-refractivity contribution in [2.24, 2.45) is 0 Å². The molecule has 1 N–H and O–H groups in total. The fourth-order valence-corrected chi connectivity index (χ4v) is 2.36. The lowest BCUT2D eigenvalue weighted by atomic mass is 10.0. The van der Waals surface area contributed by atoms with Crippen molar-refractivity contribution in [2.45, 2.75) is 39.8 Å². The van der Waals surface area contributed by atoms with Crippen LogP contribution in [0.3, 0.4) is 0 Å². The van der Waals surface area contributed by atoms with E-state index in [2.05, 4.69) is 18.3 Å². The molecule has 0 aliphatic rings. The minimum Gasteiger partial charge on any atom is -0.466 e. The van der Waals surface area contributed by atoms with E-state index >= 15 is 0 Å². The maximum atomic E-state index is 5.87. The van der Waals surface area contributed by atoms with E-state index in [0.717, 1.165) is 41.6 Å². The molecule has 2 heterocycles. The zero-order valence-electron chi connectivity index (χ0n) is 12.7. The minimum absolute atomic E-state index is 0.0259. The normalized spacial score (nSPS) is 12.8. The van der Waals surface area contributed by atoms with Crippen LogP contribution in [0.4, 0.5) is 0 Å². The van der Waals surface area contributed by atoms with Crippen molar-refractivity contribution in [3.63, 3.8) is 0 Å². The van der Waals surface area contributed by atoms with Gasteiger partial charge in [0.1, 0.15) is 29.6 Å². The highest BCUT2D eigenvalue weighted by Crippen LogP contribution is 2.29. The maximum absolute atomic E-state index is 5.87. The predicted molar refractivity (Wildman–Crippen MR) is 77.7 cm³/mol. The van der Waals surface area contributed by atoms with E-state index in [-0.39, 0.29) is 6.04 Å². The van der Waals surface area contributed by atoms with Crippen molar-refractivity contribution < 1.29 is 13.6 Å². The van der Waals surface area contributed by atoms with Gasteiger partial charge in [-0.15, -0.1) is 0 Å². The Bertz CT molecular complexity index is 542. The molecule has 0 aliphatic carbocycles. The molecule has 2 aromatic rings. The highest BCUT2D eigenvalue weighted by Gasteiger charge is 2.21. The topological polar surface area (TPSA) is 47.5 Å². The molecule has 20 heavy (non-hydrogen) atoms. The summed E-state index contributed by atoms with van der Waals surface area (Å²) < 4.78 is 16.6. The Labute approximate surface area is 120 Å². The molecule has 0 bridgehead atoms. The number of nitrogens with one attached hydrogen (secondary N) is 1. The molecule has 0 amide bonds. The summed E-state index contributed by atoms with van der Waals surface area (Å²) in [5, 5.41) is 3.52. The van der Waals surface area contributed by atoms with E-state index < -0.39 is 0 Å². The molecule has 0 aliphatic heterocycles. The molecule has 110 valence electrons. The minimum atomic E-state index is 0.0259. The van der Waals surface area contributed by atoms with Crippen LogP contribution in [-0.2, 0) is 11.3 Å². The molecule has 0 aromatic carbocycles. The molecule has 0 spiro atoms. The number of methoxy groups -OCH3 is 1. The fraction of sp³-hybridized carbons (Fsp3) is 0.500. The quantitative estimate of drug-likeness (QED) is 0.837. The number of hydrogen-bond acceptors (Lipinski definition) is 4. The van der Waals surface area contributed by atoms with Gasteiger partial charge in [0, 0.05) is 12.7 Å². The van der Waals surface area contributed by atoms with Gasteiger partial charge in [-0.3, -0.25) is 0 Å². The molecule has 1 atom stereocenters. The van der Waals surface area contributed by atoms with Crippen LogP contribution in [-0.4, -0.2) is 13.7 Å². The molecule has 0 saturated carbocycles. The van der Waals surface area contributed by atoms with Crippen molar-refractivity contribution in [3.8, 4) is 0 Å². The molecular formula is C16H23NO3. The Morgan fingerprint density at radius 1 is 1.25 bits per heavy atom. The summed E-state index contributed by atoms with van der Waals surface area (Å²) in [5.74, 6) is 3.59. The molecular weight excluding hydrogens is 254 g/mol. The third-order valence-electron chi connectivity index (χ3n) is 3.24. The van der Waals surface area contributed by atoms with Crippen molar-refractivity contribution in [1.29, 1.82) is 0 Å². The van der Waals surface area contributed by atoms with Gasteiger partial charge in [0.25, 0.3) is 0 Å². The molecule has 2 aromatic heterocycles. The first-order chi connectivity index (χ1) is 9.65. The highest BCUT2D eigenvalue weighted by molar-refractivity contribution is 5.31. The van der Waals surface area contributed by atoms with Gasteiger partial charge in [-0.25, -0.2) is 0 Å². The Morgan fingerprint density at radius 2 is 2.05 bits per heavy atom. The average Bonchev–Trinajstić information content (AvgIpc) is 2.98. The highest BCUT2D eigenvalue weighted by atomic mass is 16.5. The lowest BCUT2D eigenvalue weighted by Crippen LogP contribution is -2.23. The second-order valence-corrected chi connectivity index (χ2v) is 4.99. The van der Waals surface area contributed by atoms with Crippen LogP contribution in [0.1, 0.15) is 48.0 Å². The van der Waals surface area contributed by atoms with E-state index in [9.17, 15) is 0 Å². The van der Waals surface area contributed by atoms with Crippen molar-refractivity contribution in [2.75, 3.05) is 13.7 Å². The Hall–Kier alpha value is -1.52. The molecule has 4 heteroatoms. The lowest BCUT2D eigenvalue weighted by Gasteiger charge is -2.15. The first-order valence-electron chi connectivity index (χ1n) is 7.03. The van der Waals surface area contributed by atoms with E-state index in [1.807, 2.05) is 26.0 Å². The molecule has 0 fully saturated rings. The van der Waals surface area contributed by atoms with Crippen LogP contribution < -0.4 is 5.32 Å². The second-order valence-electron chi connectivity index (χ2n) is 4.99. The molecule has 4 nitrogen and oxygen atoms in total. The summed E-state index contributed by atoms with van der Waals surface area (Å²) in [6.45, 7) is 7.52. The van der Waals surface area contributed by atoms with E-state index in [1.54, 1.807) is 7.11 Å². The third kappa shape index (κ3) is 3.32. The van der Waals surface area contributed by atoms with Crippen LogP contribution in [0.2, 0.25) is 0 Å². The summed E-state index contributed by atoms with van der Waals surface area (Å²) in [7, 11) is 1.67. The van der Waals surface area contributed by atoms with Crippen molar-refractivity contribution in [1.82, 2.24) is 5.32 Å². The van der Waals surface area contributed by atoms with Crippen LogP contribution in [0, 0.1) is 13.8 Å². The lowest BCUT2D eigenvalue weighted by molar-refractivity contribution is 0.162. The van der Waals surface area contributed by atoms with Gasteiger partial charge in [0.15, 0.2) is 0 Å². The van der Waals surface area contributed by atoms with Crippen LogP contribution in [0.5, 0.6) is 0 Å². The largest absolute Gasteiger partial charge is 0.466 e. The van der Waals surface area contributed by atoms with Crippen LogP contribution in [0.25, 0.3) is 0 Å². The summed E-state index contributed by atoms with van der Waals surface area (Å²) in [6, 6.07) is 6.06. The first-order valence-corrected chi connectivity index (χ1v) is 7.03. The van der Waals surface area contributed by atoms with Gasteiger partial charge in [-0.1, -0.05) is 6.92 Å². The van der Waals surface area contributed by atoms with Gasteiger partial charge < -0.3 is 18.9 Å². The smallest absolute Gasteiger partial charge is 0.129 e. The van der Waals surface area contributed by atoms with E-state index in [0.29, 0.717) is 6.61 Å². The average molecular weight is 277 g/mol. The van der Waals surface area contributed by atoms with Crippen molar-refractivity contribution >= 4 is 0 Å². The van der Waals surface area contributed by atoms with Gasteiger partial charge >= 0.3 is 0 Å². The van der Waals surface area contributed by atoms with Crippen molar-refractivity contribution in [3.05, 3.63) is 46.8 Å². The van der Waals surface area contributed by atoms with E-state index in [1.165, 1.54) is 0 Å². The maximum Gasteiger partial charge on any atom is 0.129 e. The number of aryl methyl sites for hydroxylation is 2. The Morgan fingerprint density at radius 3 is 2.65 bits per heavy atom. The number of rotatable bonds is 7. The number of hydrogen-bond donors (Lipinski definition) is 1. The fourth-order valence-electron chi connectivity index (χ4n) is 2.36. The zero-order valence-corrected chi connectivity index (χ0v) is 12.7. The molecule has 0 radical (unpaired) electrons. The van der Waals surface area contributed by atoms with E-state index in [4.69, 9.17) is 13.6 Å². The summed E-state index contributed by atoms with van der Waals surface area (Å²) >= 11 is 0. The summed E-state index contributed by atoms with van der Waals surface area (Å²) in [6.07, 6.45) is 1.07. The Kier molecular flexibility index (Phi) is 5.04. The second kappa shape index (κ2) is 6.77. The molecule has 2 rings (SSSR count). The summed E-state index contributed by atoms with van der Waals surface area (Å²) in [4.78, 5) is 0. The number of furan rings is 2. The third-order valence-corrected chi connectivity index (χ3v) is 3.24. The van der Waals surface area contributed by atoms with Crippen LogP contribution in [0.15, 0.2) is 27.0 Å². The predicted octanol–water partition coefficient (Wildman–Crippen LogP) is 3.72. The standard InChI is InChI=1S/C16H23NO3/c1-5-8-17-16(14-9-11(2)19-12(14)3)15-7-6-13(20-15)10-18-4/h6-7,9,16-17H,5,8,10H2,1-4H3. The zero-order chi connectivity index (χ0) is 14.5. The van der Waals surface area contributed by atoms with Crippen LogP contribution >= 0.6 is 0 Å². The monoisotopic (exact) mass is 277 g/mol. The van der Waals surface area contributed by atoms with Gasteiger partial charge in [-0.05, 0) is 45.0 Å². The van der Waals surface area contributed by atoms with Gasteiger partial charge in [0.2, 0.25) is 0 Å². The SMILES string of the molecule is CCCNC(c1ccc(COC)o1)c1cc(C)oc1C. The van der Waals surface area contributed by atoms with Gasteiger partial charge in [0.05, 0.1) is 6.04 Å². The Balaban J connectivity index is 2.28. The number of ether oxygens (including phenoxy) is 1. The summed E-state index contributed by atoms with van der Waals surface area (Å²) in [5.41, 5.74) is 1.13. The first kappa shape index (κ1) is 14.9. The van der Waals surface area contributed by atoms with Gasteiger partial charge in [-0.2, -0.15) is 0 Å². The molecule has 0 saturated heterocycles.